The van der Waals surface area contributed by atoms with Gasteiger partial charge in [-0.1, -0.05) is 91.0 Å². The van der Waals surface area contributed by atoms with Crippen molar-refractivity contribution >= 4 is 14.6 Å². The first-order valence-electron chi connectivity index (χ1n) is 7.26. The number of hydrogen-bond acceptors (Lipinski definition) is 1. The molecule has 0 aliphatic heterocycles. The fourth-order valence-electron chi connectivity index (χ4n) is 2.90. The lowest BCUT2D eigenvalue weighted by molar-refractivity contribution is 0.569. The Bertz CT molecular complexity index is 627. The Kier molecular flexibility index (Phi) is 4.46. The highest BCUT2D eigenvalue weighted by molar-refractivity contribution is 7.56. The predicted molar refractivity (Wildman–Crippen MR) is 94.3 cm³/mol. The van der Waals surface area contributed by atoms with E-state index in [2.05, 4.69) is 36.4 Å². The van der Waals surface area contributed by atoms with E-state index in [9.17, 15) is 4.79 Å². The number of benzene rings is 3. The normalized spacial score (nSPS) is 11.6. The maximum Gasteiger partial charge on any atom is 0.140 e. The molecular weight excluding hydrogens is 287 g/mol. The molecule has 0 bridgehead atoms. The van der Waals surface area contributed by atoms with Crippen LogP contribution in [-0.4, -0.2) is 6.03 Å². The van der Waals surface area contributed by atoms with Gasteiger partial charge in [0.25, 0.3) is 0 Å². The Labute approximate surface area is 132 Å². The lowest BCUT2D eigenvalue weighted by Gasteiger charge is -2.34. The second-order valence-electron chi connectivity index (χ2n) is 5.11. The summed E-state index contributed by atoms with van der Waals surface area (Å²) in [5.41, 5.74) is 3.45. The van der Waals surface area contributed by atoms with E-state index in [1.165, 1.54) is 0 Å². The van der Waals surface area contributed by atoms with Crippen LogP contribution in [0.1, 0.15) is 16.7 Å². The van der Waals surface area contributed by atoms with Crippen molar-refractivity contribution in [3.05, 3.63) is 108 Å². The molecule has 0 aliphatic carbocycles. The van der Waals surface area contributed by atoms with E-state index >= 15 is 0 Å². The predicted octanol–water partition coefficient (Wildman–Crippen LogP) is 4.85. The van der Waals surface area contributed by atoms with Crippen molar-refractivity contribution in [2.75, 3.05) is 0 Å². The minimum Gasteiger partial charge on any atom is -0.299 e. The van der Waals surface area contributed by atoms with Gasteiger partial charge >= 0.3 is 0 Å². The van der Waals surface area contributed by atoms with Crippen LogP contribution in [-0.2, 0) is 9.95 Å². The summed E-state index contributed by atoms with van der Waals surface area (Å²) >= 11 is 0. The molecule has 3 aromatic rings. The quantitative estimate of drug-likeness (QED) is 0.374. The van der Waals surface area contributed by atoms with Gasteiger partial charge < -0.3 is 0 Å². The van der Waals surface area contributed by atoms with Crippen LogP contribution in [0.2, 0.25) is 0 Å². The maximum absolute atomic E-state index is 11.6. The highest BCUT2D eigenvalue weighted by Gasteiger charge is 2.35. The molecule has 0 radical (unpaired) electrons. The zero-order valence-electron chi connectivity index (χ0n) is 12.1. The van der Waals surface area contributed by atoms with Crippen LogP contribution in [0, 0.1) is 0 Å². The van der Waals surface area contributed by atoms with Gasteiger partial charge in [0.05, 0.1) is 5.16 Å². The topological polar surface area (TPSA) is 17.1 Å². The van der Waals surface area contributed by atoms with Gasteiger partial charge in [0.15, 0.2) is 0 Å². The molecule has 0 amide bonds. The van der Waals surface area contributed by atoms with Gasteiger partial charge in [-0.15, -0.1) is 0 Å². The van der Waals surface area contributed by atoms with Crippen molar-refractivity contribution in [1.29, 1.82) is 0 Å². The molecule has 3 rings (SSSR count). The first-order chi connectivity index (χ1) is 10.9. The van der Waals surface area contributed by atoms with Gasteiger partial charge in [-0.05, 0) is 25.3 Å². The minimum atomic E-state index is -0.411. The monoisotopic (exact) mass is 304 g/mol. The minimum absolute atomic E-state index is 0.128. The summed E-state index contributed by atoms with van der Waals surface area (Å²) in [5.74, 6) is 0. The summed E-state index contributed by atoms with van der Waals surface area (Å²) in [6.45, 7) is 0. The molecule has 0 spiro atoms. The van der Waals surface area contributed by atoms with Crippen LogP contribution in [0.3, 0.4) is 0 Å². The Hall–Kier alpha value is -2.24. The van der Waals surface area contributed by atoms with Crippen molar-refractivity contribution in [3.8, 4) is 0 Å². The standard InChI is InChI=1S/C20H17OP/c21-16-22-20(17-10-4-1-5-11-17,18-12-6-2-7-13-18)19-14-8-3-9-15-19/h1-16,22H. The number of hydrogen-bond donors (Lipinski definition) is 0. The van der Waals surface area contributed by atoms with Gasteiger partial charge in [0, 0.05) is 0 Å². The summed E-state index contributed by atoms with van der Waals surface area (Å²) in [5, 5.41) is -0.411. The molecule has 3 aromatic carbocycles. The van der Waals surface area contributed by atoms with Crippen LogP contribution in [0.25, 0.3) is 0 Å². The zero-order valence-corrected chi connectivity index (χ0v) is 13.1. The third-order valence-corrected chi connectivity index (χ3v) is 5.31. The average Bonchev–Trinajstić information content (AvgIpc) is 2.62. The smallest absolute Gasteiger partial charge is 0.140 e. The molecule has 22 heavy (non-hydrogen) atoms. The molecule has 0 fully saturated rings. The van der Waals surface area contributed by atoms with Gasteiger partial charge in [-0.2, -0.15) is 0 Å². The second kappa shape index (κ2) is 6.68. The molecule has 0 saturated heterocycles. The van der Waals surface area contributed by atoms with Crippen molar-refractivity contribution in [2.45, 2.75) is 5.16 Å². The van der Waals surface area contributed by atoms with E-state index in [0.717, 1.165) is 22.7 Å². The van der Waals surface area contributed by atoms with E-state index in [1.54, 1.807) is 0 Å². The first kappa shape index (κ1) is 14.7. The van der Waals surface area contributed by atoms with Crippen molar-refractivity contribution < 1.29 is 4.79 Å². The Morgan fingerprint density at radius 2 is 0.909 bits per heavy atom. The Morgan fingerprint density at radius 1 is 0.591 bits per heavy atom. The molecule has 1 unspecified atom stereocenters. The molecule has 108 valence electrons. The van der Waals surface area contributed by atoms with Gasteiger partial charge in [-0.3, -0.25) is 4.79 Å². The molecule has 0 aromatic heterocycles. The van der Waals surface area contributed by atoms with Crippen molar-refractivity contribution in [1.82, 2.24) is 0 Å². The fourth-order valence-corrected chi connectivity index (χ4v) is 4.08. The second-order valence-corrected chi connectivity index (χ2v) is 6.38. The average molecular weight is 304 g/mol. The largest absolute Gasteiger partial charge is 0.299 e. The lowest BCUT2D eigenvalue weighted by atomic mass is 9.84. The van der Waals surface area contributed by atoms with Crippen molar-refractivity contribution in [2.24, 2.45) is 0 Å². The summed E-state index contributed by atoms with van der Waals surface area (Å²) in [7, 11) is 0.128. The zero-order chi connectivity index (χ0) is 15.3. The fraction of sp³-hybridized carbons (Fsp3) is 0.0500. The number of carbonyl (C=O) groups excluding carboxylic acids is 1. The molecule has 0 heterocycles. The Morgan fingerprint density at radius 3 is 1.18 bits per heavy atom. The summed E-state index contributed by atoms with van der Waals surface area (Å²) in [6, 6.07) is 31.9. The van der Waals surface area contributed by atoms with Gasteiger partial charge in [-0.25, -0.2) is 0 Å². The van der Waals surface area contributed by atoms with Gasteiger partial charge in [0.2, 0.25) is 0 Å². The Balaban J connectivity index is 2.31. The maximum atomic E-state index is 11.6. The molecule has 1 nitrogen and oxygen atoms in total. The highest BCUT2D eigenvalue weighted by atomic mass is 31.1. The molecule has 0 saturated carbocycles. The van der Waals surface area contributed by atoms with E-state index in [4.69, 9.17) is 0 Å². The molecule has 0 N–H and O–H groups in total. The summed E-state index contributed by atoms with van der Waals surface area (Å²) < 4.78 is 0. The third kappa shape index (κ3) is 2.61. The summed E-state index contributed by atoms with van der Waals surface area (Å²) in [6.07, 6.45) is 0. The molecule has 0 aliphatic rings. The SMILES string of the molecule is O=CPC(c1ccccc1)(c1ccccc1)c1ccccc1. The molecule has 1 atom stereocenters. The van der Waals surface area contributed by atoms with Crippen molar-refractivity contribution in [3.63, 3.8) is 0 Å². The first-order valence-corrected chi connectivity index (χ1v) is 8.33. The van der Waals surface area contributed by atoms with Gasteiger partial charge in [0.1, 0.15) is 6.03 Å². The van der Waals surface area contributed by atoms with E-state index in [0.29, 0.717) is 0 Å². The highest BCUT2D eigenvalue weighted by Crippen LogP contribution is 2.50. The third-order valence-electron chi connectivity index (χ3n) is 3.90. The van der Waals surface area contributed by atoms with E-state index in [1.807, 2.05) is 54.6 Å². The number of carbonyl (C=O) groups is 1. The number of rotatable bonds is 5. The van der Waals surface area contributed by atoms with Crippen LogP contribution >= 0.6 is 8.58 Å². The lowest BCUT2D eigenvalue weighted by Crippen LogP contribution is -2.24. The van der Waals surface area contributed by atoms with E-state index < -0.39 is 5.16 Å². The van der Waals surface area contributed by atoms with Crippen LogP contribution in [0.5, 0.6) is 0 Å². The van der Waals surface area contributed by atoms with Crippen LogP contribution in [0.15, 0.2) is 91.0 Å². The van der Waals surface area contributed by atoms with Crippen LogP contribution in [0.4, 0.5) is 0 Å². The summed E-state index contributed by atoms with van der Waals surface area (Å²) in [4.78, 5) is 11.6. The van der Waals surface area contributed by atoms with E-state index in [-0.39, 0.29) is 8.58 Å². The van der Waals surface area contributed by atoms with Crippen LogP contribution < -0.4 is 0 Å². The molecular formula is C20H17OP. The molecule has 2 heteroatoms.